The molecule has 1 aromatic carbocycles. The van der Waals surface area contributed by atoms with Gasteiger partial charge in [-0.25, -0.2) is 0 Å². The van der Waals surface area contributed by atoms with Crippen LogP contribution in [0.1, 0.15) is 74.2 Å². The van der Waals surface area contributed by atoms with Crippen molar-refractivity contribution in [2.45, 2.75) is 69.9 Å². The molecule has 1 saturated carbocycles. The van der Waals surface area contributed by atoms with E-state index in [1.165, 1.54) is 0 Å². The summed E-state index contributed by atoms with van der Waals surface area (Å²) in [7, 11) is 1.66. The van der Waals surface area contributed by atoms with Crippen LogP contribution < -0.4 is 5.32 Å². The van der Waals surface area contributed by atoms with Gasteiger partial charge in [0.05, 0.1) is 18.1 Å². The highest BCUT2D eigenvalue weighted by Crippen LogP contribution is 2.49. The molecule has 0 radical (unpaired) electrons. The monoisotopic (exact) mass is 372 g/mol. The number of amides is 2. The molecule has 3 rings (SSSR count). The lowest BCUT2D eigenvalue weighted by Gasteiger charge is -2.53. The van der Waals surface area contributed by atoms with Crippen LogP contribution in [0.4, 0.5) is 0 Å². The molecule has 2 amide bonds. The minimum absolute atomic E-state index is 0.0390. The molecule has 1 aromatic rings. The van der Waals surface area contributed by atoms with Gasteiger partial charge >= 0.3 is 0 Å². The molecule has 5 heteroatoms. The van der Waals surface area contributed by atoms with E-state index < -0.39 is 5.54 Å². The third-order valence-electron chi connectivity index (χ3n) is 6.32. The molecule has 5 nitrogen and oxygen atoms in total. The van der Waals surface area contributed by atoms with Gasteiger partial charge in [0, 0.05) is 25.3 Å². The van der Waals surface area contributed by atoms with Crippen molar-refractivity contribution in [3.63, 3.8) is 0 Å². The van der Waals surface area contributed by atoms with E-state index in [1.54, 1.807) is 7.11 Å². The molecule has 2 atom stereocenters. The Morgan fingerprint density at radius 1 is 1.30 bits per heavy atom. The SMILES string of the molecule is CCC(C)NC(=O)C1c2ccccc2C(=O)N(CCOC)C12CCCCC2. The van der Waals surface area contributed by atoms with Gasteiger partial charge in [-0.05, 0) is 37.8 Å². The Labute approximate surface area is 162 Å². The summed E-state index contributed by atoms with van der Waals surface area (Å²) >= 11 is 0. The summed E-state index contributed by atoms with van der Waals surface area (Å²) in [6, 6.07) is 7.77. The van der Waals surface area contributed by atoms with Crippen LogP contribution in [-0.2, 0) is 9.53 Å². The Hall–Kier alpha value is -1.88. The van der Waals surface area contributed by atoms with Crippen LogP contribution in [0.25, 0.3) is 0 Å². The van der Waals surface area contributed by atoms with Gasteiger partial charge in [-0.15, -0.1) is 0 Å². The van der Waals surface area contributed by atoms with Crippen LogP contribution in [0.2, 0.25) is 0 Å². The predicted molar refractivity (Wildman–Crippen MR) is 106 cm³/mol. The summed E-state index contributed by atoms with van der Waals surface area (Å²) in [6.45, 7) is 5.12. The Kier molecular flexibility index (Phi) is 6.20. The molecule has 0 saturated heterocycles. The number of benzene rings is 1. The van der Waals surface area contributed by atoms with Crippen LogP contribution in [-0.4, -0.2) is 48.6 Å². The second-order valence-corrected chi connectivity index (χ2v) is 7.95. The van der Waals surface area contributed by atoms with Crippen LogP contribution in [0.5, 0.6) is 0 Å². The van der Waals surface area contributed by atoms with Crippen molar-refractivity contribution in [1.29, 1.82) is 0 Å². The fourth-order valence-electron chi connectivity index (χ4n) is 4.78. The van der Waals surface area contributed by atoms with Crippen LogP contribution in [0, 0.1) is 0 Å². The molecular formula is C22H32N2O3. The number of carbonyl (C=O) groups excluding carboxylic acids is 2. The first kappa shape index (κ1) is 19.9. The number of nitrogens with one attached hydrogen (secondary N) is 1. The van der Waals surface area contributed by atoms with E-state index in [4.69, 9.17) is 4.74 Å². The minimum Gasteiger partial charge on any atom is -0.383 e. The summed E-state index contributed by atoms with van der Waals surface area (Å²) in [4.78, 5) is 28.8. The van der Waals surface area contributed by atoms with E-state index in [-0.39, 0.29) is 23.8 Å². The Morgan fingerprint density at radius 2 is 2.00 bits per heavy atom. The lowest BCUT2D eigenvalue weighted by Crippen LogP contribution is -2.63. The average molecular weight is 373 g/mol. The highest BCUT2D eigenvalue weighted by Gasteiger charge is 2.54. The molecule has 1 heterocycles. The van der Waals surface area contributed by atoms with E-state index in [2.05, 4.69) is 12.2 Å². The van der Waals surface area contributed by atoms with Crippen LogP contribution in [0.3, 0.4) is 0 Å². The van der Waals surface area contributed by atoms with Gasteiger partial charge in [0.2, 0.25) is 5.91 Å². The number of nitrogens with zero attached hydrogens (tertiary/aromatic N) is 1. The topological polar surface area (TPSA) is 58.6 Å². The molecule has 2 aliphatic rings. The molecule has 2 unspecified atom stereocenters. The number of rotatable bonds is 6. The van der Waals surface area contributed by atoms with Gasteiger partial charge in [0.15, 0.2) is 0 Å². The van der Waals surface area contributed by atoms with Crippen molar-refractivity contribution in [2.24, 2.45) is 0 Å². The Balaban J connectivity index is 2.10. The fraction of sp³-hybridized carbons (Fsp3) is 0.636. The summed E-state index contributed by atoms with van der Waals surface area (Å²) in [6.07, 6.45) is 5.89. The van der Waals surface area contributed by atoms with E-state index in [0.717, 1.165) is 44.1 Å². The molecule has 0 bridgehead atoms. The van der Waals surface area contributed by atoms with Crippen molar-refractivity contribution < 1.29 is 14.3 Å². The molecular weight excluding hydrogens is 340 g/mol. The van der Waals surface area contributed by atoms with Gasteiger partial charge in [-0.3, -0.25) is 9.59 Å². The molecule has 1 N–H and O–H groups in total. The predicted octanol–water partition coefficient (Wildman–Crippen LogP) is 3.49. The maximum atomic E-state index is 13.4. The minimum atomic E-state index is -0.445. The zero-order chi connectivity index (χ0) is 19.4. The third-order valence-corrected chi connectivity index (χ3v) is 6.32. The quantitative estimate of drug-likeness (QED) is 0.832. The molecule has 1 fully saturated rings. The first-order valence-corrected chi connectivity index (χ1v) is 10.3. The maximum Gasteiger partial charge on any atom is 0.254 e. The van der Waals surface area contributed by atoms with E-state index in [0.29, 0.717) is 18.7 Å². The summed E-state index contributed by atoms with van der Waals surface area (Å²) in [5.74, 6) is -0.233. The normalized spacial score (nSPS) is 22.4. The summed E-state index contributed by atoms with van der Waals surface area (Å²) < 4.78 is 5.30. The molecule has 27 heavy (non-hydrogen) atoms. The summed E-state index contributed by atoms with van der Waals surface area (Å²) in [5, 5.41) is 3.20. The molecule has 1 spiro atoms. The first-order chi connectivity index (χ1) is 13.0. The number of hydrogen-bond acceptors (Lipinski definition) is 3. The average Bonchev–Trinajstić information content (AvgIpc) is 2.68. The highest BCUT2D eigenvalue weighted by atomic mass is 16.5. The van der Waals surface area contributed by atoms with Crippen LogP contribution >= 0.6 is 0 Å². The second-order valence-electron chi connectivity index (χ2n) is 7.95. The third kappa shape index (κ3) is 3.62. The number of ether oxygens (including phenoxy) is 1. The lowest BCUT2D eigenvalue weighted by molar-refractivity contribution is -0.128. The van der Waals surface area contributed by atoms with Crippen molar-refractivity contribution in [2.75, 3.05) is 20.3 Å². The van der Waals surface area contributed by atoms with Crippen molar-refractivity contribution in [1.82, 2.24) is 10.2 Å². The van der Waals surface area contributed by atoms with Gasteiger partial charge in [0.1, 0.15) is 0 Å². The second kappa shape index (κ2) is 8.42. The number of fused-ring (bicyclic) bond motifs is 1. The zero-order valence-corrected chi connectivity index (χ0v) is 16.8. The number of hydrogen-bond donors (Lipinski definition) is 1. The lowest BCUT2D eigenvalue weighted by atomic mass is 9.65. The van der Waals surface area contributed by atoms with Crippen molar-refractivity contribution in [3.05, 3.63) is 35.4 Å². The molecule has 1 aliphatic heterocycles. The van der Waals surface area contributed by atoms with E-state index >= 15 is 0 Å². The maximum absolute atomic E-state index is 13.4. The smallest absolute Gasteiger partial charge is 0.254 e. The van der Waals surface area contributed by atoms with Crippen molar-refractivity contribution in [3.8, 4) is 0 Å². The van der Waals surface area contributed by atoms with E-state index in [9.17, 15) is 9.59 Å². The fourth-order valence-corrected chi connectivity index (χ4v) is 4.78. The highest BCUT2D eigenvalue weighted by molar-refractivity contribution is 6.02. The molecule has 0 aromatic heterocycles. The van der Waals surface area contributed by atoms with Crippen molar-refractivity contribution >= 4 is 11.8 Å². The van der Waals surface area contributed by atoms with E-state index in [1.807, 2.05) is 36.1 Å². The Morgan fingerprint density at radius 3 is 2.67 bits per heavy atom. The molecule has 148 valence electrons. The van der Waals surface area contributed by atoms with Gasteiger partial charge in [-0.2, -0.15) is 0 Å². The first-order valence-electron chi connectivity index (χ1n) is 10.3. The van der Waals surface area contributed by atoms with Gasteiger partial charge in [-0.1, -0.05) is 44.4 Å². The molecule has 1 aliphatic carbocycles. The standard InChI is InChI=1S/C22H32N2O3/c1-4-16(2)23-20(25)19-17-10-6-7-11-18(17)21(26)24(14-15-27-3)22(19)12-8-5-9-13-22/h6-7,10-11,16,19H,4-5,8-9,12-15H2,1-3H3,(H,23,25). The van der Waals surface area contributed by atoms with Gasteiger partial charge < -0.3 is 15.0 Å². The summed E-state index contributed by atoms with van der Waals surface area (Å²) in [5.41, 5.74) is 1.10. The largest absolute Gasteiger partial charge is 0.383 e. The Bertz CT molecular complexity index is 682. The number of methoxy groups -OCH3 is 1. The van der Waals surface area contributed by atoms with Crippen LogP contribution in [0.15, 0.2) is 24.3 Å². The zero-order valence-electron chi connectivity index (χ0n) is 16.8. The number of carbonyl (C=O) groups is 2. The van der Waals surface area contributed by atoms with Gasteiger partial charge in [0.25, 0.3) is 5.91 Å².